The summed E-state index contributed by atoms with van der Waals surface area (Å²) in [4.78, 5) is 18.2. The number of hydrogen-bond acceptors (Lipinski definition) is 7. The molecular weight excluding hydrogens is 282 g/mol. The molecule has 0 aliphatic rings. The van der Waals surface area contributed by atoms with Crippen LogP contribution in [-0.2, 0) is 14.8 Å². The van der Waals surface area contributed by atoms with E-state index in [1.165, 1.54) is 16.9 Å². The highest BCUT2D eigenvalue weighted by atomic mass is 32.2. The number of methoxy groups -OCH3 is 1. The number of H-pyrrole nitrogens is 1. The van der Waals surface area contributed by atoms with Gasteiger partial charge in [-0.05, 0) is 0 Å². The molecule has 2 N–H and O–H groups in total. The second kappa shape index (κ2) is 4.34. The smallest absolute Gasteiger partial charge is 0.420 e. The number of sulfonamides is 1. The molecule has 0 saturated carbocycles. The Morgan fingerprint density at radius 3 is 3.00 bits per heavy atom. The quantitative estimate of drug-likeness (QED) is 0.737. The molecule has 0 bridgehead atoms. The summed E-state index contributed by atoms with van der Waals surface area (Å²) >= 11 is 4.86. The minimum absolute atomic E-state index is 0.264. The van der Waals surface area contributed by atoms with Crippen molar-refractivity contribution >= 4 is 34.0 Å². The second-order valence-electron chi connectivity index (χ2n) is 3.08. The van der Waals surface area contributed by atoms with Crippen LogP contribution in [0.2, 0.25) is 0 Å². The van der Waals surface area contributed by atoms with Gasteiger partial charge in [0, 0.05) is 6.07 Å². The Labute approximate surface area is 106 Å². The van der Waals surface area contributed by atoms with Crippen molar-refractivity contribution in [2.24, 2.45) is 0 Å². The molecule has 0 unspecified atom stereocenters. The molecule has 96 valence electrons. The minimum atomic E-state index is -4.16. The number of aromatic nitrogens is 4. The van der Waals surface area contributed by atoms with E-state index in [1.807, 2.05) is 0 Å². The first-order valence-electron chi connectivity index (χ1n) is 4.47. The molecule has 2 rings (SSSR count). The lowest BCUT2D eigenvalue weighted by molar-refractivity contribution is 0.177. The Morgan fingerprint density at radius 2 is 2.33 bits per heavy atom. The van der Waals surface area contributed by atoms with Crippen molar-refractivity contribution in [3.63, 3.8) is 0 Å². The van der Waals surface area contributed by atoms with Crippen LogP contribution in [0.4, 0.5) is 4.79 Å². The van der Waals surface area contributed by atoms with E-state index in [1.54, 1.807) is 4.72 Å². The second-order valence-corrected chi connectivity index (χ2v) is 5.10. The monoisotopic (exact) mass is 289 g/mol. The van der Waals surface area contributed by atoms with E-state index in [0.717, 1.165) is 7.11 Å². The fourth-order valence-corrected chi connectivity index (χ4v) is 2.13. The number of rotatable bonds is 2. The maximum Gasteiger partial charge on any atom is 0.420 e. The Balaban J connectivity index is 2.47. The number of hydrogen-bond donors (Lipinski definition) is 2. The van der Waals surface area contributed by atoms with Crippen LogP contribution in [-0.4, -0.2) is 41.2 Å². The Hall–Kier alpha value is -2.01. The lowest BCUT2D eigenvalue weighted by Gasteiger charge is -2.03. The summed E-state index contributed by atoms with van der Waals surface area (Å²) in [5.74, 6) is 0. The number of aromatic amines is 1. The van der Waals surface area contributed by atoms with Gasteiger partial charge in [-0.3, -0.25) is 5.10 Å². The first kappa shape index (κ1) is 12.4. The highest BCUT2D eigenvalue weighted by Crippen LogP contribution is 2.04. The molecule has 18 heavy (non-hydrogen) atoms. The molecule has 11 heteroatoms. The van der Waals surface area contributed by atoms with Crippen LogP contribution in [0.15, 0.2) is 17.6 Å². The molecular formula is C7H7N5O4S2. The third-order valence-corrected chi connectivity index (χ3v) is 3.20. The molecule has 9 nitrogen and oxygen atoms in total. The van der Waals surface area contributed by atoms with Gasteiger partial charge in [-0.2, -0.15) is 13.4 Å². The zero-order valence-electron chi connectivity index (χ0n) is 8.95. The molecule has 2 aromatic rings. The summed E-state index contributed by atoms with van der Waals surface area (Å²) in [6.45, 7) is 0. The SMILES string of the molecule is COC(=O)NS(=O)(=O)c1ncn2[nH]c(=S)cc2n1. The first-order chi connectivity index (χ1) is 8.42. The lowest BCUT2D eigenvalue weighted by atomic mass is 10.7. The zero-order valence-corrected chi connectivity index (χ0v) is 10.6. The minimum Gasteiger partial charge on any atom is -0.452 e. The summed E-state index contributed by atoms with van der Waals surface area (Å²) < 4.78 is 30.9. The van der Waals surface area contributed by atoms with Gasteiger partial charge in [0.25, 0.3) is 5.16 Å². The van der Waals surface area contributed by atoms with Crippen LogP contribution in [0.25, 0.3) is 5.65 Å². The van der Waals surface area contributed by atoms with Gasteiger partial charge >= 0.3 is 16.1 Å². The Kier molecular flexibility index (Phi) is 3.00. The van der Waals surface area contributed by atoms with Crippen molar-refractivity contribution in [3.05, 3.63) is 17.0 Å². The summed E-state index contributed by atoms with van der Waals surface area (Å²) in [5, 5.41) is 2.13. The van der Waals surface area contributed by atoms with Gasteiger partial charge in [-0.1, -0.05) is 12.2 Å². The molecule has 0 atom stereocenters. The lowest BCUT2D eigenvalue weighted by Crippen LogP contribution is -2.31. The van der Waals surface area contributed by atoms with Crippen molar-refractivity contribution in [2.45, 2.75) is 5.16 Å². The van der Waals surface area contributed by atoms with Crippen molar-refractivity contribution in [1.29, 1.82) is 0 Å². The van der Waals surface area contributed by atoms with Crippen LogP contribution >= 0.6 is 12.2 Å². The number of carbonyl (C=O) groups excluding carboxylic acids is 1. The van der Waals surface area contributed by atoms with Crippen LogP contribution in [0.5, 0.6) is 0 Å². The average molecular weight is 289 g/mol. The number of nitrogens with one attached hydrogen (secondary N) is 2. The molecule has 2 aromatic heterocycles. The fourth-order valence-electron chi connectivity index (χ4n) is 1.13. The van der Waals surface area contributed by atoms with Crippen LogP contribution in [0.3, 0.4) is 0 Å². The predicted octanol–water partition coefficient (Wildman–Crippen LogP) is -0.168. The third-order valence-electron chi connectivity index (χ3n) is 1.87. The highest BCUT2D eigenvalue weighted by molar-refractivity contribution is 7.89. The highest BCUT2D eigenvalue weighted by Gasteiger charge is 2.21. The van der Waals surface area contributed by atoms with Crippen molar-refractivity contribution < 1.29 is 17.9 Å². The van der Waals surface area contributed by atoms with Gasteiger partial charge in [0.05, 0.1) is 7.11 Å². The van der Waals surface area contributed by atoms with E-state index in [9.17, 15) is 13.2 Å². The molecule has 1 amide bonds. The van der Waals surface area contributed by atoms with Gasteiger partial charge < -0.3 is 4.74 Å². The molecule has 0 aliphatic carbocycles. The Bertz CT molecular complexity index is 761. The average Bonchev–Trinajstić information content (AvgIpc) is 2.67. The van der Waals surface area contributed by atoms with E-state index in [-0.39, 0.29) is 5.65 Å². The maximum absolute atomic E-state index is 11.7. The van der Waals surface area contributed by atoms with Gasteiger partial charge in [0.1, 0.15) is 11.0 Å². The zero-order chi connectivity index (χ0) is 13.3. The predicted molar refractivity (Wildman–Crippen MR) is 60.9 cm³/mol. The number of ether oxygens (including phenoxy) is 1. The van der Waals surface area contributed by atoms with Gasteiger partial charge in [-0.25, -0.2) is 19.0 Å². The van der Waals surface area contributed by atoms with E-state index in [2.05, 4.69) is 19.8 Å². The molecule has 0 radical (unpaired) electrons. The number of nitrogens with zero attached hydrogens (tertiary/aromatic N) is 3. The molecule has 2 heterocycles. The van der Waals surface area contributed by atoms with E-state index < -0.39 is 21.3 Å². The number of fused-ring (bicyclic) bond motifs is 1. The first-order valence-corrected chi connectivity index (χ1v) is 6.37. The molecule has 0 aliphatic heterocycles. The van der Waals surface area contributed by atoms with Crippen LogP contribution in [0.1, 0.15) is 0 Å². The molecule has 0 fully saturated rings. The summed E-state index contributed by atoms with van der Waals surface area (Å²) in [7, 11) is -3.12. The summed E-state index contributed by atoms with van der Waals surface area (Å²) in [6.07, 6.45) is 0.0636. The van der Waals surface area contributed by atoms with E-state index >= 15 is 0 Å². The topological polar surface area (TPSA) is 118 Å². The Morgan fingerprint density at radius 1 is 1.61 bits per heavy atom. The largest absolute Gasteiger partial charge is 0.452 e. The molecule has 0 spiro atoms. The summed E-state index contributed by atoms with van der Waals surface area (Å²) in [6, 6.07) is 1.45. The standard InChI is InChI=1S/C7H7N5O4S2/c1-16-7(13)11-18(14,15)6-8-3-12-4(9-6)2-5(17)10-12/h2-3H,1H3,(H,10,17)(H,11,13). The van der Waals surface area contributed by atoms with Gasteiger partial charge in [-0.15, -0.1) is 0 Å². The normalized spacial score (nSPS) is 11.4. The van der Waals surface area contributed by atoms with Crippen LogP contribution < -0.4 is 4.72 Å². The van der Waals surface area contributed by atoms with Crippen LogP contribution in [0, 0.1) is 4.64 Å². The summed E-state index contributed by atoms with van der Waals surface area (Å²) in [5.41, 5.74) is 0.264. The maximum atomic E-state index is 11.7. The van der Waals surface area contributed by atoms with Crippen molar-refractivity contribution in [3.8, 4) is 0 Å². The van der Waals surface area contributed by atoms with Gasteiger partial charge in [0.15, 0.2) is 5.65 Å². The number of amides is 1. The molecule has 0 saturated heterocycles. The van der Waals surface area contributed by atoms with Crippen molar-refractivity contribution in [2.75, 3.05) is 7.11 Å². The van der Waals surface area contributed by atoms with Crippen molar-refractivity contribution in [1.82, 2.24) is 24.3 Å². The number of carbonyl (C=O) groups is 1. The molecule has 0 aromatic carbocycles. The van der Waals surface area contributed by atoms with E-state index in [4.69, 9.17) is 12.2 Å². The van der Waals surface area contributed by atoms with Gasteiger partial charge in [0.2, 0.25) is 0 Å². The third kappa shape index (κ3) is 2.31. The van der Waals surface area contributed by atoms with E-state index in [0.29, 0.717) is 4.64 Å². The fraction of sp³-hybridized carbons (Fsp3) is 0.143.